The van der Waals surface area contributed by atoms with Crippen molar-refractivity contribution in [1.82, 2.24) is 15.0 Å². The second kappa shape index (κ2) is 4.83. The van der Waals surface area contributed by atoms with Crippen molar-refractivity contribution in [1.29, 1.82) is 0 Å². The third-order valence-electron chi connectivity index (χ3n) is 3.97. The first-order valence-electron chi connectivity index (χ1n) is 7.38. The highest BCUT2D eigenvalue weighted by Crippen LogP contribution is 2.32. The number of nitrogens with zero attached hydrogens (tertiary/aromatic N) is 3. The molecule has 0 amide bonds. The van der Waals surface area contributed by atoms with Crippen molar-refractivity contribution in [3.05, 3.63) is 67.0 Å². The summed E-state index contributed by atoms with van der Waals surface area (Å²) in [5, 5.41) is 2.31. The zero-order chi connectivity index (χ0) is 15.2. The topological polar surface area (TPSA) is 38.7 Å². The Morgan fingerprint density at radius 3 is 2.52 bits per heavy atom. The minimum Gasteiger partial charge on any atom is -0.254 e. The molecule has 0 saturated heterocycles. The van der Waals surface area contributed by atoms with Crippen LogP contribution in [0.4, 0.5) is 0 Å². The van der Waals surface area contributed by atoms with E-state index >= 15 is 0 Å². The maximum atomic E-state index is 4.83. The Kier molecular flexibility index (Phi) is 2.66. The third-order valence-corrected chi connectivity index (χ3v) is 5.07. The van der Waals surface area contributed by atoms with Gasteiger partial charge in [-0.2, -0.15) is 0 Å². The number of hydrogen-bond donors (Lipinski definition) is 0. The second-order valence-electron chi connectivity index (χ2n) is 5.41. The molecule has 0 saturated carbocycles. The van der Waals surface area contributed by atoms with Gasteiger partial charge < -0.3 is 0 Å². The van der Waals surface area contributed by atoms with E-state index in [0.29, 0.717) is 0 Å². The molecule has 0 atom stereocenters. The van der Waals surface area contributed by atoms with Gasteiger partial charge in [0, 0.05) is 17.8 Å². The summed E-state index contributed by atoms with van der Waals surface area (Å²) in [5.41, 5.74) is 3.70. The van der Waals surface area contributed by atoms with Gasteiger partial charge >= 0.3 is 0 Å². The summed E-state index contributed by atoms with van der Waals surface area (Å²) in [6, 6.07) is 18.5. The molecule has 0 aliphatic rings. The molecule has 0 spiro atoms. The first kappa shape index (κ1) is 12.7. The van der Waals surface area contributed by atoms with Crippen molar-refractivity contribution >= 4 is 42.5 Å². The van der Waals surface area contributed by atoms with Crippen molar-refractivity contribution in [2.45, 2.75) is 0 Å². The van der Waals surface area contributed by atoms with Crippen LogP contribution in [0.15, 0.2) is 67.0 Å². The molecule has 0 unspecified atom stereocenters. The van der Waals surface area contributed by atoms with Crippen LogP contribution in [0, 0.1) is 0 Å². The van der Waals surface area contributed by atoms with Gasteiger partial charge in [-0.3, -0.25) is 9.97 Å². The third kappa shape index (κ3) is 1.99. The number of fused-ring (bicyclic) bond motifs is 4. The van der Waals surface area contributed by atoms with E-state index in [0.717, 1.165) is 32.5 Å². The first-order chi connectivity index (χ1) is 11.4. The summed E-state index contributed by atoms with van der Waals surface area (Å²) in [6.07, 6.45) is 3.72. The Hall–Kier alpha value is -2.85. The molecule has 0 bridgehead atoms. The van der Waals surface area contributed by atoms with E-state index in [4.69, 9.17) is 4.98 Å². The summed E-state index contributed by atoms with van der Waals surface area (Å²) in [7, 11) is 0. The van der Waals surface area contributed by atoms with Crippen LogP contribution in [-0.2, 0) is 0 Å². The van der Waals surface area contributed by atoms with E-state index in [1.807, 2.05) is 36.7 Å². The molecule has 4 aromatic heterocycles. The van der Waals surface area contributed by atoms with Gasteiger partial charge in [-0.1, -0.05) is 24.3 Å². The van der Waals surface area contributed by atoms with E-state index in [2.05, 4.69) is 40.3 Å². The van der Waals surface area contributed by atoms with Crippen LogP contribution >= 0.6 is 11.3 Å². The molecule has 5 rings (SSSR count). The van der Waals surface area contributed by atoms with Gasteiger partial charge in [0.25, 0.3) is 0 Å². The van der Waals surface area contributed by atoms with Crippen molar-refractivity contribution in [3.8, 4) is 11.4 Å². The van der Waals surface area contributed by atoms with Crippen molar-refractivity contribution < 1.29 is 0 Å². The molecule has 4 heteroatoms. The van der Waals surface area contributed by atoms with Gasteiger partial charge in [0.05, 0.1) is 20.8 Å². The number of pyridine rings is 3. The second-order valence-corrected chi connectivity index (χ2v) is 6.50. The Morgan fingerprint density at radius 1 is 0.696 bits per heavy atom. The summed E-state index contributed by atoms with van der Waals surface area (Å²) >= 11 is 1.72. The lowest BCUT2D eigenvalue weighted by atomic mass is 10.1. The molecule has 0 aliphatic carbocycles. The first-order valence-corrected chi connectivity index (χ1v) is 8.19. The molecular weight excluding hydrogens is 302 g/mol. The number of benzene rings is 1. The molecule has 5 aromatic rings. The molecule has 108 valence electrons. The summed E-state index contributed by atoms with van der Waals surface area (Å²) < 4.78 is 2.32. The average molecular weight is 313 g/mol. The Bertz CT molecular complexity index is 1180. The van der Waals surface area contributed by atoms with Gasteiger partial charge in [0.1, 0.15) is 11.0 Å². The molecule has 23 heavy (non-hydrogen) atoms. The van der Waals surface area contributed by atoms with Crippen LogP contribution in [0.2, 0.25) is 0 Å². The zero-order valence-electron chi connectivity index (χ0n) is 12.1. The number of rotatable bonds is 1. The Balaban J connectivity index is 1.76. The lowest BCUT2D eigenvalue weighted by Gasteiger charge is -2.03. The van der Waals surface area contributed by atoms with Gasteiger partial charge in [0.2, 0.25) is 0 Å². The maximum absolute atomic E-state index is 4.83. The molecule has 1 aromatic carbocycles. The van der Waals surface area contributed by atoms with Crippen LogP contribution in [0.3, 0.4) is 0 Å². The van der Waals surface area contributed by atoms with E-state index < -0.39 is 0 Å². The zero-order valence-corrected chi connectivity index (χ0v) is 12.9. The summed E-state index contributed by atoms with van der Waals surface area (Å²) in [5.74, 6) is 0. The Morgan fingerprint density at radius 2 is 1.57 bits per heavy atom. The SMILES string of the molecule is c1ccc2cc(-c3ccc4sc5cccnc5c4n3)ncc2c1. The number of thiophene rings is 1. The highest BCUT2D eigenvalue weighted by atomic mass is 32.1. The fraction of sp³-hybridized carbons (Fsp3) is 0. The van der Waals surface area contributed by atoms with Crippen molar-refractivity contribution in [3.63, 3.8) is 0 Å². The van der Waals surface area contributed by atoms with Gasteiger partial charge in [0.15, 0.2) is 0 Å². The normalized spacial score (nSPS) is 11.5. The van der Waals surface area contributed by atoms with Crippen LogP contribution in [0.1, 0.15) is 0 Å². The molecule has 0 N–H and O–H groups in total. The van der Waals surface area contributed by atoms with Gasteiger partial charge in [-0.05, 0) is 35.7 Å². The Labute approximate surface area is 136 Å². The van der Waals surface area contributed by atoms with Crippen LogP contribution < -0.4 is 0 Å². The van der Waals surface area contributed by atoms with E-state index in [1.54, 1.807) is 11.3 Å². The fourth-order valence-electron chi connectivity index (χ4n) is 2.83. The maximum Gasteiger partial charge on any atom is 0.108 e. The predicted molar refractivity (Wildman–Crippen MR) is 95.7 cm³/mol. The minimum absolute atomic E-state index is 0.883. The fourth-order valence-corrected chi connectivity index (χ4v) is 3.84. The predicted octanol–water partition coefficient (Wildman–Crippen LogP) is 5.06. The number of hydrogen-bond acceptors (Lipinski definition) is 4. The lowest BCUT2D eigenvalue weighted by molar-refractivity contribution is 1.30. The van der Waals surface area contributed by atoms with Gasteiger partial charge in [-0.25, -0.2) is 4.98 Å². The standard InChI is InChI=1S/C19H11N3S/c1-2-5-13-11-21-15(10-12(13)4-1)14-7-8-17-19(22-14)18-16(23-17)6-3-9-20-18/h1-11H. The minimum atomic E-state index is 0.883. The quantitative estimate of drug-likeness (QED) is 0.434. The molecule has 4 heterocycles. The molecule has 0 radical (unpaired) electrons. The smallest absolute Gasteiger partial charge is 0.108 e. The summed E-state index contributed by atoms with van der Waals surface area (Å²) in [6.45, 7) is 0. The molecule has 0 aliphatic heterocycles. The van der Waals surface area contributed by atoms with E-state index in [1.165, 1.54) is 10.1 Å². The van der Waals surface area contributed by atoms with E-state index in [-0.39, 0.29) is 0 Å². The van der Waals surface area contributed by atoms with Crippen LogP contribution in [0.25, 0.3) is 42.6 Å². The summed E-state index contributed by atoms with van der Waals surface area (Å²) in [4.78, 5) is 13.9. The van der Waals surface area contributed by atoms with Crippen molar-refractivity contribution in [2.75, 3.05) is 0 Å². The highest BCUT2D eigenvalue weighted by molar-refractivity contribution is 7.25. The van der Waals surface area contributed by atoms with Crippen molar-refractivity contribution in [2.24, 2.45) is 0 Å². The highest BCUT2D eigenvalue weighted by Gasteiger charge is 2.10. The molecular formula is C19H11N3S. The largest absolute Gasteiger partial charge is 0.254 e. The molecule has 0 fully saturated rings. The van der Waals surface area contributed by atoms with E-state index in [9.17, 15) is 0 Å². The average Bonchev–Trinajstić information content (AvgIpc) is 2.99. The molecule has 3 nitrogen and oxygen atoms in total. The number of aromatic nitrogens is 3. The van der Waals surface area contributed by atoms with Crippen LogP contribution in [0.5, 0.6) is 0 Å². The van der Waals surface area contributed by atoms with Gasteiger partial charge in [-0.15, -0.1) is 11.3 Å². The lowest BCUT2D eigenvalue weighted by Crippen LogP contribution is -1.88. The monoisotopic (exact) mass is 313 g/mol. The van der Waals surface area contributed by atoms with Crippen LogP contribution in [-0.4, -0.2) is 15.0 Å².